The zero-order valence-electron chi connectivity index (χ0n) is 11.4. The summed E-state index contributed by atoms with van der Waals surface area (Å²) < 4.78 is 61.5. The highest BCUT2D eigenvalue weighted by Gasteiger charge is 2.32. The summed E-state index contributed by atoms with van der Waals surface area (Å²) in [5.41, 5.74) is 0.980. The summed E-state index contributed by atoms with van der Waals surface area (Å²) in [6.45, 7) is 1.26. The summed E-state index contributed by atoms with van der Waals surface area (Å²) >= 11 is 0. The molecule has 1 aromatic heterocycles. The van der Waals surface area contributed by atoms with E-state index in [0.29, 0.717) is 15.6 Å². The number of sulfonamides is 1. The van der Waals surface area contributed by atoms with Gasteiger partial charge in [0.05, 0.1) is 6.42 Å². The molecule has 0 radical (unpaired) electrons. The zero-order valence-corrected chi connectivity index (χ0v) is 12.2. The molecule has 0 saturated carbocycles. The SMILES string of the molecule is CNCc1c(S(=O)(=O)N(C)CCC(F)(F)F)n[nH]c1C. The lowest BCUT2D eigenvalue weighted by molar-refractivity contribution is -0.135. The molecular formula is C10H17F3N4O2S. The lowest BCUT2D eigenvalue weighted by Crippen LogP contribution is -2.31. The monoisotopic (exact) mass is 314 g/mol. The van der Waals surface area contributed by atoms with E-state index in [-0.39, 0.29) is 11.6 Å². The lowest BCUT2D eigenvalue weighted by atomic mass is 10.3. The predicted octanol–water partition coefficient (Wildman–Crippen LogP) is 1.01. The highest BCUT2D eigenvalue weighted by atomic mass is 32.2. The largest absolute Gasteiger partial charge is 0.390 e. The molecule has 6 nitrogen and oxygen atoms in total. The molecule has 0 spiro atoms. The molecule has 0 aliphatic rings. The van der Waals surface area contributed by atoms with Crippen LogP contribution in [0.2, 0.25) is 0 Å². The van der Waals surface area contributed by atoms with Crippen LogP contribution in [-0.2, 0) is 16.6 Å². The fourth-order valence-electron chi connectivity index (χ4n) is 1.58. The van der Waals surface area contributed by atoms with Gasteiger partial charge in [0.1, 0.15) is 0 Å². The van der Waals surface area contributed by atoms with Crippen molar-refractivity contribution in [2.24, 2.45) is 0 Å². The molecule has 10 heteroatoms. The average molecular weight is 314 g/mol. The van der Waals surface area contributed by atoms with Crippen molar-refractivity contribution in [2.45, 2.75) is 31.1 Å². The fraction of sp³-hybridized carbons (Fsp3) is 0.700. The highest BCUT2D eigenvalue weighted by Crippen LogP contribution is 2.23. The number of alkyl halides is 3. The second-order valence-electron chi connectivity index (χ2n) is 4.35. The number of nitrogens with zero attached hydrogens (tertiary/aromatic N) is 2. The van der Waals surface area contributed by atoms with Gasteiger partial charge in [-0.1, -0.05) is 0 Å². The van der Waals surface area contributed by atoms with Crippen LogP contribution in [0.4, 0.5) is 13.2 Å². The van der Waals surface area contributed by atoms with E-state index in [9.17, 15) is 21.6 Å². The summed E-state index contributed by atoms with van der Waals surface area (Å²) in [5, 5.41) is 8.79. The maximum Gasteiger partial charge on any atom is 0.390 e. The van der Waals surface area contributed by atoms with E-state index in [1.165, 1.54) is 0 Å². The Bertz CT molecular complexity index is 553. The molecule has 0 unspecified atom stereocenters. The number of halogens is 3. The Morgan fingerprint density at radius 3 is 2.50 bits per heavy atom. The van der Waals surface area contributed by atoms with Crippen LogP contribution in [-0.4, -0.2) is 49.7 Å². The van der Waals surface area contributed by atoms with Gasteiger partial charge >= 0.3 is 6.18 Å². The van der Waals surface area contributed by atoms with Gasteiger partial charge in [-0.3, -0.25) is 5.10 Å². The van der Waals surface area contributed by atoms with E-state index in [2.05, 4.69) is 15.5 Å². The van der Waals surface area contributed by atoms with Crippen LogP contribution >= 0.6 is 0 Å². The van der Waals surface area contributed by atoms with E-state index in [4.69, 9.17) is 0 Å². The highest BCUT2D eigenvalue weighted by molar-refractivity contribution is 7.89. The topological polar surface area (TPSA) is 78.1 Å². The molecule has 0 saturated heterocycles. The van der Waals surface area contributed by atoms with Crippen LogP contribution in [0.25, 0.3) is 0 Å². The standard InChI is InChI=1S/C10H17F3N4O2S/c1-7-8(6-14-2)9(16-15-7)20(18,19)17(3)5-4-10(11,12)13/h14H,4-6H2,1-3H3,(H,15,16). The molecule has 116 valence electrons. The van der Waals surface area contributed by atoms with Crippen molar-refractivity contribution in [1.29, 1.82) is 0 Å². The Hall–Kier alpha value is -1.13. The van der Waals surface area contributed by atoms with Gasteiger partial charge in [0, 0.05) is 31.4 Å². The fourth-order valence-corrected chi connectivity index (χ4v) is 2.90. The molecule has 0 atom stereocenters. The number of hydrogen-bond acceptors (Lipinski definition) is 4. The molecule has 1 aromatic rings. The molecular weight excluding hydrogens is 297 g/mol. The van der Waals surface area contributed by atoms with Gasteiger partial charge in [-0.15, -0.1) is 0 Å². The predicted molar refractivity (Wildman–Crippen MR) is 66.6 cm³/mol. The van der Waals surface area contributed by atoms with Gasteiger partial charge in [-0.05, 0) is 14.0 Å². The Morgan fingerprint density at radius 2 is 2.00 bits per heavy atom. The number of hydrogen-bond donors (Lipinski definition) is 2. The van der Waals surface area contributed by atoms with Gasteiger partial charge in [0.25, 0.3) is 10.0 Å². The number of rotatable bonds is 6. The van der Waals surface area contributed by atoms with Crippen molar-refractivity contribution in [1.82, 2.24) is 19.8 Å². The third-order valence-corrected chi connectivity index (χ3v) is 4.58. The molecule has 2 N–H and O–H groups in total. The van der Waals surface area contributed by atoms with Crippen molar-refractivity contribution >= 4 is 10.0 Å². The van der Waals surface area contributed by atoms with E-state index in [1.54, 1.807) is 14.0 Å². The summed E-state index contributed by atoms with van der Waals surface area (Å²) in [6, 6.07) is 0. The van der Waals surface area contributed by atoms with Gasteiger partial charge in [0.2, 0.25) is 0 Å². The Morgan fingerprint density at radius 1 is 1.40 bits per heavy atom. The Labute approximate surface area is 115 Å². The smallest absolute Gasteiger partial charge is 0.316 e. The first-order chi connectivity index (χ1) is 9.09. The first-order valence-corrected chi connectivity index (χ1v) is 7.25. The minimum Gasteiger partial charge on any atom is -0.316 e. The molecule has 0 aliphatic heterocycles. The summed E-state index contributed by atoms with van der Waals surface area (Å²) in [4.78, 5) is 0. The van der Waals surface area contributed by atoms with Crippen molar-refractivity contribution in [3.63, 3.8) is 0 Å². The zero-order chi connectivity index (χ0) is 15.6. The number of nitrogens with one attached hydrogen (secondary N) is 2. The molecule has 20 heavy (non-hydrogen) atoms. The quantitative estimate of drug-likeness (QED) is 0.821. The summed E-state index contributed by atoms with van der Waals surface area (Å²) in [7, 11) is -1.30. The number of aryl methyl sites for hydroxylation is 1. The van der Waals surface area contributed by atoms with Crippen molar-refractivity contribution in [2.75, 3.05) is 20.6 Å². The number of aromatic nitrogens is 2. The minimum atomic E-state index is -4.40. The van der Waals surface area contributed by atoms with Crippen LogP contribution in [0.5, 0.6) is 0 Å². The third kappa shape index (κ3) is 3.93. The van der Waals surface area contributed by atoms with Crippen LogP contribution in [0.3, 0.4) is 0 Å². The van der Waals surface area contributed by atoms with Crippen LogP contribution < -0.4 is 5.32 Å². The van der Waals surface area contributed by atoms with Crippen LogP contribution in [0.15, 0.2) is 5.03 Å². The molecule has 1 rings (SSSR count). The molecule has 0 aromatic carbocycles. The van der Waals surface area contributed by atoms with Gasteiger partial charge in [-0.25, -0.2) is 8.42 Å². The normalized spacial score (nSPS) is 13.2. The third-order valence-electron chi connectivity index (χ3n) is 2.75. The molecule has 1 heterocycles. The lowest BCUT2D eigenvalue weighted by Gasteiger charge is -2.17. The summed E-state index contributed by atoms with van der Waals surface area (Å²) in [5.74, 6) is 0. The minimum absolute atomic E-state index is 0.242. The van der Waals surface area contributed by atoms with E-state index in [1.807, 2.05) is 0 Å². The first kappa shape index (κ1) is 16.9. The van der Waals surface area contributed by atoms with Crippen molar-refractivity contribution < 1.29 is 21.6 Å². The Kier molecular flexibility index (Phi) is 5.16. The molecule has 0 amide bonds. The molecule has 0 aliphatic carbocycles. The number of aromatic amines is 1. The maximum absolute atomic E-state index is 12.2. The van der Waals surface area contributed by atoms with Crippen molar-refractivity contribution in [3.8, 4) is 0 Å². The molecule has 0 fully saturated rings. The second kappa shape index (κ2) is 6.10. The van der Waals surface area contributed by atoms with E-state index in [0.717, 1.165) is 7.05 Å². The van der Waals surface area contributed by atoms with Gasteiger partial charge in [0.15, 0.2) is 5.03 Å². The van der Waals surface area contributed by atoms with E-state index >= 15 is 0 Å². The second-order valence-corrected chi connectivity index (χ2v) is 6.31. The van der Waals surface area contributed by atoms with Gasteiger partial charge < -0.3 is 5.32 Å². The number of H-pyrrole nitrogens is 1. The Balaban J connectivity index is 2.99. The van der Waals surface area contributed by atoms with E-state index < -0.39 is 29.2 Å². The summed E-state index contributed by atoms with van der Waals surface area (Å²) in [6.07, 6.45) is -5.60. The van der Waals surface area contributed by atoms with Crippen molar-refractivity contribution in [3.05, 3.63) is 11.3 Å². The maximum atomic E-state index is 12.2. The average Bonchev–Trinajstić information content (AvgIpc) is 2.68. The molecule has 0 bridgehead atoms. The van der Waals surface area contributed by atoms with Crippen LogP contribution in [0, 0.1) is 6.92 Å². The first-order valence-electron chi connectivity index (χ1n) is 5.81. The van der Waals surface area contributed by atoms with Gasteiger partial charge in [-0.2, -0.15) is 22.6 Å². The van der Waals surface area contributed by atoms with Crippen LogP contribution in [0.1, 0.15) is 17.7 Å².